The van der Waals surface area contributed by atoms with Gasteiger partial charge in [-0.1, -0.05) is 0 Å². The Kier molecular flexibility index (Phi) is 3.03. The third-order valence-electron chi connectivity index (χ3n) is 3.45. The number of carbonyl (C=O) groups is 1. The number of hydrogen-bond acceptors (Lipinski definition) is 3. The summed E-state index contributed by atoms with van der Waals surface area (Å²) >= 11 is 0. The van der Waals surface area contributed by atoms with Gasteiger partial charge in [0.2, 0.25) is 5.91 Å². The lowest BCUT2D eigenvalue weighted by Crippen LogP contribution is -2.42. The van der Waals surface area contributed by atoms with Crippen molar-refractivity contribution in [1.29, 1.82) is 0 Å². The maximum atomic E-state index is 11.0. The van der Waals surface area contributed by atoms with E-state index in [-0.39, 0.29) is 11.8 Å². The first kappa shape index (κ1) is 9.93. The molecule has 2 fully saturated rings. The molecule has 4 heteroatoms. The molecule has 2 aliphatic rings. The van der Waals surface area contributed by atoms with Crippen LogP contribution in [0.3, 0.4) is 0 Å². The van der Waals surface area contributed by atoms with Gasteiger partial charge in [-0.3, -0.25) is 9.69 Å². The summed E-state index contributed by atoms with van der Waals surface area (Å²) in [5, 5.41) is 3.35. The standard InChI is InChI=1S/C10H19N3O/c11-10(14)8-3-6-13(7-8)9-1-4-12-5-2-9/h8-9,12H,1-7H2,(H2,11,14)/t8-/m1/s1. The number of nitrogens with one attached hydrogen (secondary N) is 1. The first-order chi connectivity index (χ1) is 6.77. The highest BCUT2D eigenvalue weighted by atomic mass is 16.1. The van der Waals surface area contributed by atoms with Crippen molar-refractivity contribution in [3.05, 3.63) is 0 Å². The van der Waals surface area contributed by atoms with E-state index in [0.717, 1.165) is 32.6 Å². The maximum Gasteiger partial charge on any atom is 0.221 e. The molecule has 2 aliphatic heterocycles. The van der Waals surface area contributed by atoms with Crippen molar-refractivity contribution < 1.29 is 4.79 Å². The van der Waals surface area contributed by atoms with Crippen LogP contribution in [-0.4, -0.2) is 43.0 Å². The highest BCUT2D eigenvalue weighted by Crippen LogP contribution is 2.22. The smallest absolute Gasteiger partial charge is 0.221 e. The summed E-state index contributed by atoms with van der Waals surface area (Å²) < 4.78 is 0. The molecule has 1 amide bonds. The normalized spacial score (nSPS) is 30.7. The van der Waals surface area contributed by atoms with Gasteiger partial charge in [-0.05, 0) is 38.9 Å². The van der Waals surface area contributed by atoms with E-state index >= 15 is 0 Å². The number of primary amides is 1. The minimum atomic E-state index is -0.124. The van der Waals surface area contributed by atoms with Gasteiger partial charge in [-0.15, -0.1) is 0 Å². The number of nitrogens with two attached hydrogens (primary N) is 1. The van der Waals surface area contributed by atoms with Crippen LogP contribution in [0.2, 0.25) is 0 Å². The monoisotopic (exact) mass is 197 g/mol. The molecule has 0 spiro atoms. The van der Waals surface area contributed by atoms with Gasteiger partial charge in [-0.25, -0.2) is 0 Å². The molecule has 0 saturated carbocycles. The zero-order chi connectivity index (χ0) is 9.97. The molecule has 0 radical (unpaired) electrons. The molecule has 0 unspecified atom stereocenters. The molecular weight excluding hydrogens is 178 g/mol. The van der Waals surface area contributed by atoms with E-state index in [1.54, 1.807) is 0 Å². The van der Waals surface area contributed by atoms with Crippen LogP contribution in [0, 0.1) is 5.92 Å². The van der Waals surface area contributed by atoms with Crippen LogP contribution >= 0.6 is 0 Å². The van der Waals surface area contributed by atoms with Crippen molar-refractivity contribution in [2.45, 2.75) is 25.3 Å². The van der Waals surface area contributed by atoms with E-state index in [0.29, 0.717) is 6.04 Å². The predicted molar refractivity (Wildman–Crippen MR) is 54.8 cm³/mol. The largest absolute Gasteiger partial charge is 0.369 e. The van der Waals surface area contributed by atoms with Crippen LogP contribution in [0.15, 0.2) is 0 Å². The van der Waals surface area contributed by atoms with Gasteiger partial charge in [-0.2, -0.15) is 0 Å². The van der Waals surface area contributed by atoms with Gasteiger partial charge >= 0.3 is 0 Å². The second kappa shape index (κ2) is 4.28. The minimum Gasteiger partial charge on any atom is -0.369 e. The van der Waals surface area contributed by atoms with Crippen LogP contribution in [0.4, 0.5) is 0 Å². The van der Waals surface area contributed by atoms with E-state index < -0.39 is 0 Å². The molecule has 0 aliphatic carbocycles. The molecule has 0 aromatic rings. The van der Waals surface area contributed by atoms with E-state index in [4.69, 9.17) is 5.73 Å². The second-order valence-electron chi connectivity index (χ2n) is 4.36. The summed E-state index contributed by atoms with van der Waals surface area (Å²) in [5.74, 6) is -0.0219. The zero-order valence-electron chi connectivity index (χ0n) is 8.54. The highest BCUT2D eigenvalue weighted by Gasteiger charge is 2.31. The molecule has 4 nitrogen and oxygen atoms in total. The molecule has 3 N–H and O–H groups in total. The Morgan fingerprint density at radius 3 is 2.57 bits per heavy atom. The molecule has 2 saturated heterocycles. The summed E-state index contributed by atoms with van der Waals surface area (Å²) in [4.78, 5) is 13.5. The average Bonchev–Trinajstić information content (AvgIpc) is 2.68. The van der Waals surface area contributed by atoms with Gasteiger partial charge in [0.25, 0.3) is 0 Å². The summed E-state index contributed by atoms with van der Waals surface area (Å²) in [6.07, 6.45) is 3.39. The first-order valence-corrected chi connectivity index (χ1v) is 5.51. The lowest BCUT2D eigenvalue weighted by atomic mass is 10.1. The van der Waals surface area contributed by atoms with Crippen LogP contribution in [0.5, 0.6) is 0 Å². The molecule has 1 atom stereocenters. The Hall–Kier alpha value is -0.610. The summed E-state index contributed by atoms with van der Waals surface area (Å²) in [5.41, 5.74) is 5.31. The van der Waals surface area contributed by atoms with Gasteiger partial charge in [0.05, 0.1) is 5.92 Å². The van der Waals surface area contributed by atoms with Crippen molar-refractivity contribution in [3.63, 3.8) is 0 Å². The summed E-state index contributed by atoms with van der Waals surface area (Å²) in [6, 6.07) is 0.681. The Morgan fingerprint density at radius 1 is 1.29 bits per heavy atom. The number of rotatable bonds is 2. The topological polar surface area (TPSA) is 58.4 Å². The SMILES string of the molecule is NC(=O)[C@@H]1CCN(C2CCNCC2)C1. The Labute approximate surface area is 84.8 Å². The van der Waals surface area contributed by atoms with E-state index in [1.165, 1.54) is 12.8 Å². The molecule has 2 heterocycles. The number of carbonyl (C=O) groups excluding carboxylic acids is 1. The summed E-state index contributed by atoms with van der Waals surface area (Å²) in [7, 11) is 0. The zero-order valence-corrected chi connectivity index (χ0v) is 8.54. The molecular formula is C10H19N3O. The molecule has 0 aromatic carbocycles. The molecule has 80 valence electrons. The van der Waals surface area contributed by atoms with Gasteiger partial charge < -0.3 is 11.1 Å². The number of hydrogen-bond donors (Lipinski definition) is 2. The molecule has 14 heavy (non-hydrogen) atoms. The lowest BCUT2D eigenvalue weighted by Gasteiger charge is -2.31. The van der Waals surface area contributed by atoms with E-state index in [1.807, 2.05) is 0 Å². The van der Waals surface area contributed by atoms with Crippen LogP contribution in [-0.2, 0) is 4.79 Å². The second-order valence-corrected chi connectivity index (χ2v) is 4.36. The first-order valence-electron chi connectivity index (χ1n) is 5.51. The third-order valence-corrected chi connectivity index (χ3v) is 3.45. The van der Waals surface area contributed by atoms with Gasteiger partial charge in [0, 0.05) is 12.6 Å². The molecule has 0 aromatic heterocycles. The van der Waals surface area contributed by atoms with E-state index in [9.17, 15) is 4.79 Å². The van der Waals surface area contributed by atoms with E-state index in [2.05, 4.69) is 10.2 Å². The van der Waals surface area contributed by atoms with Crippen LogP contribution in [0.25, 0.3) is 0 Å². The molecule has 2 rings (SSSR count). The van der Waals surface area contributed by atoms with Crippen molar-refractivity contribution in [2.24, 2.45) is 11.7 Å². The average molecular weight is 197 g/mol. The Morgan fingerprint density at radius 2 is 2.00 bits per heavy atom. The van der Waals surface area contributed by atoms with Gasteiger partial charge in [0.15, 0.2) is 0 Å². The van der Waals surface area contributed by atoms with Crippen molar-refractivity contribution >= 4 is 5.91 Å². The fraction of sp³-hybridized carbons (Fsp3) is 0.900. The van der Waals surface area contributed by atoms with Crippen molar-refractivity contribution in [1.82, 2.24) is 10.2 Å². The van der Waals surface area contributed by atoms with Crippen LogP contribution in [0.1, 0.15) is 19.3 Å². The summed E-state index contributed by atoms with van der Waals surface area (Å²) in [6.45, 7) is 4.17. The minimum absolute atomic E-state index is 0.102. The number of piperidine rings is 1. The van der Waals surface area contributed by atoms with Gasteiger partial charge in [0.1, 0.15) is 0 Å². The van der Waals surface area contributed by atoms with Crippen LogP contribution < -0.4 is 11.1 Å². The van der Waals surface area contributed by atoms with Crippen molar-refractivity contribution in [3.8, 4) is 0 Å². The highest BCUT2D eigenvalue weighted by molar-refractivity contribution is 5.77. The fourth-order valence-corrected chi connectivity index (χ4v) is 2.52. The predicted octanol–water partition coefficient (Wildman–Crippen LogP) is -0.454. The third kappa shape index (κ3) is 2.07. The maximum absolute atomic E-state index is 11.0. The fourth-order valence-electron chi connectivity index (χ4n) is 2.52. The number of likely N-dealkylation sites (tertiary alicyclic amines) is 1. The quantitative estimate of drug-likeness (QED) is 0.630. The lowest BCUT2D eigenvalue weighted by molar-refractivity contribution is -0.121. The van der Waals surface area contributed by atoms with Crippen molar-refractivity contribution in [2.75, 3.05) is 26.2 Å². The Bertz CT molecular complexity index is 213. The number of amides is 1. The molecule has 0 bridgehead atoms. The Balaban J connectivity index is 1.85. The number of nitrogens with zero attached hydrogens (tertiary/aromatic N) is 1.